The molecular formula is C18H21N4O3S+. The Bertz CT molecular complexity index is 1050. The molecule has 0 bridgehead atoms. The SMILES string of the molecule is COc1ccc(-c2csc3nc(C)n(NC=[N+](C)C)c(=O)c23)cc1OC. The largest absolute Gasteiger partial charge is 0.493 e. The van der Waals surface area contributed by atoms with E-state index >= 15 is 0 Å². The van der Waals surface area contributed by atoms with Gasteiger partial charge in [-0.05, 0) is 24.6 Å². The van der Waals surface area contributed by atoms with Crippen LogP contribution in [0.4, 0.5) is 0 Å². The number of thiophene rings is 1. The van der Waals surface area contributed by atoms with E-state index in [1.165, 1.54) is 16.0 Å². The first kappa shape index (κ1) is 17.9. The number of benzene rings is 1. The van der Waals surface area contributed by atoms with Crippen molar-refractivity contribution in [3.05, 3.63) is 39.8 Å². The molecule has 0 amide bonds. The van der Waals surface area contributed by atoms with Crippen molar-refractivity contribution < 1.29 is 14.0 Å². The van der Waals surface area contributed by atoms with Crippen molar-refractivity contribution in [3.8, 4) is 22.6 Å². The van der Waals surface area contributed by atoms with Crippen molar-refractivity contribution in [2.75, 3.05) is 33.7 Å². The maximum atomic E-state index is 13.1. The Hall–Kier alpha value is -2.87. The van der Waals surface area contributed by atoms with Gasteiger partial charge in [0.15, 0.2) is 17.3 Å². The molecule has 2 aromatic heterocycles. The van der Waals surface area contributed by atoms with E-state index in [9.17, 15) is 4.79 Å². The lowest BCUT2D eigenvalue weighted by Crippen LogP contribution is -2.32. The van der Waals surface area contributed by atoms with Crippen LogP contribution in [0.25, 0.3) is 21.3 Å². The summed E-state index contributed by atoms with van der Waals surface area (Å²) in [5.41, 5.74) is 4.54. The highest BCUT2D eigenvalue weighted by Gasteiger charge is 2.18. The molecule has 0 saturated heterocycles. The molecule has 1 N–H and O–H groups in total. The lowest BCUT2D eigenvalue weighted by atomic mass is 10.1. The van der Waals surface area contributed by atoms with E-state index in [4.69, 9.17) is 9.47 Å². The molecule has 0 aliphatic rings. The average molecular weight is 373 g/mol. The highest BCUT2D eigenvalue weighted by atomic mass is 32.1. The first-order valence-electron chi connectivity index (χ1n) is 7.95. The fourth-order valence-electron chi connectivity index (χ4n) is 2.63. The third-order valence-electron chi connectivity index (χ3n) is 3.92. The number of ether oxygens (including phenoxy) is 2. The molecule has 8 heteroatoms. The number of nitrogens with zero attached hydrogens (tertiary/aromatic N) is 3. The Morgan fingerprint density at radius 1 is 1.23 bits per heavy atom. The molecule has 0 radical (unpaired) electrons. The summed E-state index contributed by atoms with van der Waals surface area (Å²) in [4.78, 5) is 18.3. The molecule has 0 saturated carbocycles. The Balaban J connectivity index is 2.21. The molecule has 0 atom stereocenters. The number of nitrogens with one attached hydrogen (secondary N) is 1. The van der Waals surface area contributed by atoms with Crippen LogP contribution < -0.4 is 20.5 Å². The second-order valence-electron chi connectivity index (χ2n) is 5.92. The Morgan fingerprint density at radius 3 is 2.62 bits per heavy atom. The summed E-state index contributed by atoms with van der Waals surface area (Å²) in [6.45, 7) is 1.80. The normalized spacial score (nSPS) is 10.7. The van der Waals surface area contributed by atoms with Crippen molar-refractivity contribution in [1.29, 1.82) is 0 Å². The minimum atomic E-state index is -0.142. The van der Waals surface area contributed by atoms with Gasteiger partial charge in [-0.25, -0.2) is 4.98 Å². The third kappa shape index (κ3) is 3.15. The fourth-order valence-corrected chi connectivity index (χ4v) is 3.62. The zero-order valence-corrected chi connectivity index (χ0v) is 16.2. The Labute approximate surface area is 155 Å². The van der Waals surface area contributed by atoms with Crippen LogP contribution in [0.3, 0.4) is 0 Å². The fraction of sp³-hybridized carbons (Fsp3) is 0.278. The minimum absolute atomic E-state index is 0.142. The first-order chi connectivity index (χ1) is 12.5. The zero-order valence-electron chi connectivity index (χ0n) is 15.4. The molecule has 26 heavy (non-hydrogen) atoms. The third-order valence-corrected chi connectivity index (χ3v) is 4.79. The molecule has 136 valence electrons. The monoisotopic (exact) mass is 373 g/mol. The van der Waals surface area contributed by atoms with E-state index in [0.717, 1.165) is 11.1 Å². The van der Waals surface area contributed by atoms with E-state index in [1.54, 1.807) is 27.5 Å². The summed E-state index contributed by atoms with van der Waals surface area (Å²) >= 11 is 1.45. The van der Waals surface area contributed by atoms with Crippen molar-refractivity contribution in [2.24, 2.45) is 0 Å². The van der Waals surface area contributed by atoms with Gasteiger partial charge in [0.25, 0.3) is 11.9 Å². The lowest BCUT2D eigenvalue weighted by Gasteiger charge is -2.09. The van der Waals surface area contributed by atoms with Crippen LogP contribution >= 0.6 is 11.3 Å². The number of methoxy groups -OCH3 is 2. The van der Waals surface area contributed by atoms with Crippen molar-refractivity contribution in [2.45, 2.75) is 6.92 Å². The summed E-state index contributed by atoms with van der Waals surface area (Å²) < 4.78 is 13.9. The predicted octanol–water partition coefficient (Wildman–Crippen LogP) is 2.29. The zero-order chi connectivity index (χ0) is 18.8. The number of hydrogen-bond acceptors (Lipinski definition) is 5. The standard InChI is InChI=1S/C18H20N4O3S/c1-11-20-17-16(18(23)22(11)19-10-21(2)3)13(9-26-17)12-6-7-14(24-4)15(8-12)25-5/h6-10H,1-5H3/p+1. The molecule has 0 fully saturated rings. The van der Waals surface area contributed by atoms with E-state index < -0.39 is 0 Å². The van der Waals surface area contributed by atoms with E-state index in [0.29, 0.717) is 27.5 Å². The van der Waals surface area contributed by atoms with Gasteiger partial charge in [0.05, 0.1) is 33.7 Å². The maximum Gasteiger partial charge on any atom is 0.298 e. The highest BCUT2D eigenvalue weighted by Crippen LogP contribution is 2.36. The topological polar surface area (TPSA) is 68.4 Å². The number of hydrogen-bond donors (Lipinski definition) is 1. The summed E-state index contributed by atoms with van der Waals surface area (Å²) in [5.74, 6) is 1.86. The van der Waals surface area contributed by atoms with Gasteiger partial charge >= 0.3 is 0 Å². The van der Waals surface area contributed by atoms with Gasteiger partial charge in [0.1, 0.15) is 4.83 Å². The molecule has 7 nitrogen and oxygen atoms in total. The highest BCUT2D eigenvalue weighted by molar-refractivity contribution is 7.17. The van der Waals surface area contributed by atoms with Gasteiger partial charge in [0.2, 0.25) is 0 Å². The molecule has 0 spiro atoms. The molecule has 0 unspecified atom stereocenters. The quantitative estimate of drug-likeness (QED) is 0.422. The number of fused-ring (bicyclic) bond motifs is 1. The van der Waals surface area contributed by atoms with Crippen molar-refractivity contribution in [1.82, 2.24) is 9.66 Å². The second-order valence-corrected chi connectivity index (χ2v) is 6.78. The van der Waals surface area contributed by atoms with Gasteiger partial charge in [0, 0.05) is 10.9 Å². The first-order valence-corrected chi connectivity index (χ1v) is 8.83. The molecule has 1 aromatic carbocycles. The van der Waals surface area contributed by atoms with E-state index in [-0.39, 0.29) is 5.56 Å². The van der Waals surface area contributed by atoms with Gasteiger partial charge < -0.3 is 9.47 Å². The second kappa shape index (κ2) is 7.17. The molecule has 0 aliphatic carbocycles. The predicted molar refractivity (Wildman–Crippen MR) is 105 cm³/mol. The smallest absolute Gasteiger partial charge is 0.298 e. The summed E-state index contributed by atoms with van der Waals surface area (Å²) in [7, 11) is 6.93. The number of aryl methyl sites for hydroxylation is 1. The number of aromatic nitrogens is 2. The van der Waals surface area contributed by atoms with Gasteiger partial charge in [-0.15, -0.1) is 16.0 Å². The van der Waals surface area contributed by atoms with Crippen LogP contribution in [0.2, 0.25) is 0 Å². The van der Waals surface area contributed by atoms with E-state index in [2.05, 4.69) is 10.4 Å². The van der Waals surface area contributed by atoms with Crippen LogP contribution in [0.15, 0.2) is 28.4 Å². The van der Waals surface area contributed by atoms with Crippen molar-refractivity contribution >= 4 is 27.9 Å². The summed E-state index contributed by atoms with van der Waals surface area (Å²) in [6, 6.07) is 5.60. The Morgan fingerprint density at radius 2 is 1.96 bits per heavy atom. The van der Waals surface area contributed by atoms with Crippen LogP contribution in [-0.4, -0.2) is 48.9 Å². The van der Waals surface area contributed by atoms with Crippen LogP contribution in [0, 0.1) is 6.92 Å². The molecule has 3 rings (SSSR count). The van der Waals surface area contributed by atoms with Crippen molar-refractivity contribution in [3.63, 3.8) is 0 Å². The van der Waals surface area contributed by atoms with Crippen LogP contribution in [0.5, 0.6) is 11.5 Å². The Kier molecular flexibility index (Phi) is 4.94. The average Bonchev–Trinajstić information content (AvgIpc) is 3.04. The molecule has 0 aliphatic heterocycles. The molecular weight excluding hydrogens is 352 g/mol. The molecule has 2 heterocycles. The molecule has 3 aromatic rings. The van der Waals surface area contributed by atoms with E-state index in [1.807, 2.05) is 42.3 Å². The van der Waals surface area contributed by atoms with Gasteiger partial charge in [-0.2, -0.15) is 5.43 Å². The van der Waals surface area contributed by atoms with Crippen LogP contribution in [0.1, 0.15) is 5.82 Å². The maximum absolute atomic E-state index is 13.1. The number of rotatable bonds is 5. The summed E-state index contributed by atoms with van der Waals surface area (Å²) in [5, 5.41) is 2.52. The minimum Gasteiger partial charge on any atom is -0.493 e. The summed E-state index contributed by atoms with van der Waals surface area (Å²) in [6.07, 6.45) is 1.70. The van der Waals surface area contributed by atoms with Crippen LogP contribution in [-0.2, 0) is 0 Å². The van der Waals surface area contributed by atoms with Gasteiger partial charge in [-0.3, -0.25) is 9.37 Å². The van der Waals surface area contributed by atoms with Gasteiger partial charge in [-0.1, -0.05) is 6.07 Å². The lowest BCUT2D eigenvalue weighted by molar-refractivity contribution is -0.459.